The van der Waals surface area contributed by atoms with Crippen molar-refractivity contribution in [2.24, 2.45) is 0 Å². The van der Waals surface area contributed by atoms with E-state index in [1.54, 1.807) is 23.5 Å². The highest BCUT2D eigenvalue weighted by molar-refractivity contribution is 7.18. The normalized spacial score (nSPS) is 17.1. The van der Waals surface area contributed by atoms with Crippen molar-refractivity contribution in [1.82, 2.24) is 14.9 Å². The van der Waals surface area contributed by atoms with Gasteiger partial charge in [0.05, 0.1) is 5.39 Å². The van der Waals surface area contributed by atoms with Crippen molar-refractivity contribution in [3.05, 3.63) is 56.4 Å². The highest BCUT2D eigenvalue weighted by atomic mass is 32.1. The number of fused-ring (bicyclic) bond motifs is 3. The van der Waals surface area contributed by atoms with Crippen LogP contribution in [0.5, 0.6) is 5.75 Å². The fraction of sp³-hybridized carbons (Fsp3) is 0.458. The molecule has 0 saturated carbocycles. The van der Waals surface area contributed by atoms with Crippen LogP contribution in [0, 0.1) is 0 Å². The van der Waals surface area contributed by atoms with Crippen molar-refractivity contribution < 1.29 is 9.90 Å². The van der Waals surface area contributed by atoms with E-state index in [0.29, 0.717) is 24.6 Å². The number of piperidine rings is 1. The summed E-state index contributed by atoms with van der Waals surface area (Å²) in [5.41, 5.74) is 2.36. The van der Waals surface area contributed by atoms with E-state index >= 15 is 0 Å². The van der Waals surface area contributed by atoms with Gasteiger partial charge >= 0.3 is 0 Å². The number of hydrogen-bond acceptors (Lipinski definition) is 5. The molecule has 2 aromatic heterocycles. The molecular formula is C24H27N3O3S. The van der Waals surface area contributed by atoms with Gasteiger partial charge in [-0.2, -0.15) is 0 Å². The standard InChI is InChI=1S/C24H27N3O3S/c28-17-7-5-15(6-8-17)16-11-13-27(14-12-16)21(29)10-9-20-25-23(30)22-18-3-1-2-4-19(18)31-24(22)26-20/h5-8,16,28H,1-4,9-14H2,(H,25,26,30). The molecule has 2 aliphatic rings. The number of hydrogen-bond donors (Lipinski definition) is 2. The lowest BCUT2D eigenvalue weighted by Gasteiger charge is -2.32. The Morgan fingerprint density at radius 3 is 2.68 bits per heavy atom. The summed E-state index contributed by atoms with van der Waals surface area (Å²) in [4.78, 5) is 37.1. The van der Waals surface area contributed by atoms with Crippen LogP contribution in [-0.2, 0) is 24.1 Å². The molecule has 1 aliphatic carbocycles. The Hall–Kier alpha value is -2.67. The van der Waals surface area contributed by atoms with Crippen molar-refractivity contribution in [2.45, 2.75) is 57.3 Å². The molecule has 7 heteroatoms. The molecule has 0 bridgehead atoms. The summed E-state index contributed by atoms with van der Waals surface area (Å²) in [6, 6.07) is 7.39. The predicted octanol–water partition coefficient (Wildman–Crippen LogP) is 3.91. The van der Waals surface area contributed by atoms with Gasteiger partial charge in [-0.15, -0.1) is 11.3 Å². The second-order valence-electron chi connectivity index (χ2n) is 8.65. The third kappa shape index (κ3) is 4.11. The first-order chi connectivity index (χ1) is 15.1. The van der Waals surface area contributed by atoms with E-state index in [9.17, 15) is 14.7 Å². The zero-order chi connectivity index (χ0) is 21.4. The second kappa shape index (κ2) is 8.46. The number of likely N-dealkylation sites (tertiary alicyclic amines) is 1. The molecule has 1 amide bonds. The second-order valence-corrected chi connectivity index (χ2v) is 9.73. The molecule has 3 heterocycles. The number of rotatable bonds is 4. The summed E-state index contributed by atoms with van der Waals surface area (Å²) in [6.45, 7) is 1.48. The molecule has 5 rings (SSSR count). The number of H-pyrrole nitrogens is 1. The number of carbonyl (C=O) groups excluding carboxylic acids is 1. The molecule has 31 heavy (non-hydrogen) atoms. The van der Waals surface area contributed by atoms with Gasteiger partial charge in [-0.1, -0.05) is 12.1 Å². The number of carbonyl (C=O) groups is 1. The summed E-state index contributed by atoms with van der Waals surface area (Å²) < 4.78 is 0. The molecular weight excluding hydrogens is 410 g/mol. The highest BCUT2D eigenvalue weighted by Crippen LogP contribution is 2.33. The Balaban J connectivity index is 1.20. The van der Waals surface area contributed by atoms with Crippen LogP contribution in [0.3, 0.4) is 0 Å². The lowest BCUT2D eigenvalue weighted by atomic mass is 9.89. The molecule has 0 spiro atoms. The molecule has 0 atom stereocenters. The van der Waals surface area contributed by atoms with Gasteiger partial charge in [0.25, 0.3) is 5.56 Å². The molecule has 1 saturated heterocycles. The maximum absolute atomic E-state index is 12.7. The third-order valence-electron chi connectivity index (χ3n) is 6.66. The van der Waals surface area contributed by atoms with Crippen LogP contribution in [0.25, 0.3) is 10.2 Å². The number of aryl methyl sites for hydroxylation is 3. The van der Waals surface area contributed by atoms with Gasteiger partial charge in [-0.25, -0.2) is 4.98 Å². The number of nitrogens with zero attached hydrogens (tertiary/aromatic N) is 2. The van der Waals surface area contributed by atoms with Gasteiger partial charge < -0.3 is 15.0 Å². The molecule has 1 aliphatic heterocycles. The number of aromatic amines is 1. The maximum Gasteiger partial charge on any atom is 0.259 e. The van der Waals surface area contributed by atoms with Gasteiger partial charge in [0.15, 0.2) is 0 Å². The van der Waals surface area contributed by atoms with Crippen LogP contribution < -0.4 is 5.56 Å². The number of amides is 1. The number of benzene rings is 1. The van der Waals surface area contributed by atoms with Crippen LogP contribution in [0.15, 0.2) is 29.1 Å². The summed E-state index contributed by atoms with van der Waals surface area (Å²) >= 11 is 1.65. The monoisotopic (exact) mass is 437 g/mol. The van der Waals surface area contributed by atoms with Crippen molar-refractivity contribution in [2.75, 3.05) is 13.1 Å². The minimum atomic E-state index is -0.0541. The molecule has 2 N–H and O–H groups in total. The fourth-order valence-electron chi connectivity index (χ4n) is 4.92. The minimum absolute atomic E-state index is 0.0541. The van der Waals surface area contributed by atoms with Crippen molar-refractivity contribution >= 4 is 27.5 Å². The van der Waals surface area contributed by atoms with E-state index in [0.717, 1.165) is 55.4 Å². The summed E-state index contributed by atoms with van der Waals surface area (Å²) in [5, 5.41) is 10.2. The van der Waals surface area contributed by atoms with E-state index in [4.69, 9.17) is 0 Å². The highest BCUT2D eigenvalue weighted by Gasteiger charge is 2.24. The fourth-order valence-corrected chi connectivity index (χ4v) is 6.20. The third-order valence-corrected chi connectivity index (χ3v) is 7.85. The molecule has 1 fully saturated rings. The van der Waals surface area contributed by atoms with Crippen LogP contribution in [-0.4, -0.2) is 39.0 Å². The molecule has 162 valence electrons. The molecule has 0 radical (unpaired) electrons. The zero-order valence-electron chi connectivity index (χ0n) is 17.5. The van der Waals surface area contributed by atoms with Crippen molar-refractivity contribution in [3.63, 3.8) is 0 Å². The number of phenols is 1. The van der Waals surface area contributed by atoms with Crippen LogP contribution >= 0.6 is 11.3 Å². The van der Waals surface area contributed by atoms with Gasteiger partial charge in [-0.3, -0.25) is 9.59 Å². The van der Waals surface area contributed by atoms with Gasteiger partial charge in [0.2, 0.25) is 5.91 Å². The number of thiophene rings is 1. The molecule has 1 aromatic carbocycles. The maximum atomic E-state index is 12.7. The van der Waals surface area contributed by atoms with Gasteiger partial charge in [0, 0.05) is 30.8 Å². The van der Waals surface area contributed by atoms with E-state index in [1.807, 2.05) is 17.0 Å². The first-order valence-corrected chi connectivity index (χ1v) is 12.0. The van der Waals surface area contributed by atoms with E-state index < -0.39 is 0 Å². The number of aromatic nitrogens is 2. The average molecular weight is 438 g/mol. The van der Waals surface area contributed by atoms with Crippen molar-refractivity contribution in [3.8, 4) is 5.75 Å². The smallest absolute Gasteiger partial charge is 0.259 e. The summed E-state index contributed by atoms with van der Waals surface area (Å²) in [5.74, 6) is 1.44. The Morgan fingerprint density at radius 1 is 1.16 bits per heavy atom. The average Bonchev–Trinajstić information content (AvgIpc) is 3.17. The first kappa shape index (κ1) is 20.2. The van der Waals surface area contributed by atoms with E-state index in [2.05, 4.69) is 9.97 Å². The van der Waals surface area contributed by atoms with E-state index in [1.165, 1.54) is 22.4 Å². The Morgan fingerprint density at radius 2 is 1.90 bits per heavy atom. The lowest BCUT2D eigenvalue weighted by Crippen LogP contribution is -2.38. The van der Waals surface area contributed by atoms with E-state index in [-0.39, 0.29) is 17.2 Å². The zero-order valence-corrected chi connectivity index (χ0v) is 18.3. The number of nitrogens with one attached hydrogen (secondary N) is 1. The largest absolute Gasteiger partial charge is 0.508 e. The number of aromatic hydroxyl groups is 1. The molecule has 3 aromatic rings. The summed E-state index contributed by atoms with van der Waals surface area (Å²) in [6.07, 6.45) is 7.02. The first-order valence-electron chi connectivity index (χ1n) is 11.2. The van der Waals surface area contributed by atoms with Crippen LogP contribution in [0.2, 0.25) is 0 Å². The Kier molecular flexibility index (Phi) is 5.52. The van der Waals surface area contributed by atoms with Gasteiger partial charge in [-0.05, 0) is 67.7 Å². The topological polar surface area (TPSA) is 86.3 Å². The Labute approximate surface area is 184 Å². The Bertz CT molecular complexity index is 1160. The van der Waals surface area contributed by atoms with Gasteiger partial charge in [0.1, 0.15) is 16.4 Å². The SMILES string of the molecule is O=C(CCc1nc2sc3c(c2c(=O)[nH]1)CCCC3)N1CCC(c2ccc(O)cc2)CC1. The predicted molar refractivity (Wildman–Crippen MR) is 122 cm³/mol. The molecule has 0 unspecified atom stereocenters. The quantitative estimate of drug-likeness (QED) is 0.648. The minimum Gasteiger partial charge on any atom is -0.508 e. The lowest BCUT2D eigenvalue weighted by molar-refractivity contribution is -0.132. The van der Waals surface area contributed by atoms with Crippen LogP contribution in [0.1, 0.15) is 59.9 Å². The van der Waals surface area contributed by atoms with Crippen molar-refractivity contribution in [1.29, 1.82) is 0 Å². The van der Waals surface area contributed by atoms with Crippen LogP contribution in [0.4, 0.5) is 0 Å². The number of phenolic OH excluding ortho intramolecular Hbond substituents is 1. The summed E-state index contributed by atoms with van der Waals surface area (Å²) in [7, 11) is 0. The molecule has 6 nitrogen and oxygen atoms in total.